The molecule has 1 aromatic rings. The molecule has 1 fully saturated rings. The number of aldehydes is 1. The van der Waals surface area contributed by atoms with E-state index in [0.29, 0.717) is 18.6 Å². The van der Waals surface area contributed by atoms with Crippen molar-refractivity contribution in [3.63, 3.8) is 0 Å². The molecule has 0 aromatic carbocycles. The molecule has 0 saturated heterocycles. The molecular weight excluding hydrogens is 324 g/mol. The number of carbonyl (C=O) groups is 3. The number of rotatable bonds is 7. The Morgan fingerprint density at radius 3 is 2.60 bits per heavy atom. The fourth-order valence-electron chi connectivity index (χ4n) is 2.97. The van der Waals surface area contributed by atoms with Crippen molar-refractivity contribution in [2.24, 2.45) is 5.92 Å². The van der Waals surface area contributed by atoms with Gasteiger partial charge in [0, 0.05) is 0 Å². The van der Waals surface area contributed by atoms with Crippen LogP contribution in [0.4, 0.5) is 4.79 Å². The van der Waals surface area contributed by atoms with Gasteiger partial charge in [0.25, 0.3) is 0 Å². The van der Waals surface area contributed by atoms with Crippen molar-refractivity contribution >= 4 is 18.3 Å². The first-order valence-electron chi connectivity index (χ1n) is 8.70. The third-order valence-corrected chi connectivity index (χ3v) is 4.57. The number of amides is 2. The maximum Gasteiger partial charge on any atom is 0.408 e. The molecule has 25 heavy (non-hydrogen) atoms. The molecule has 0 unspecified atom stereocenters. The summed E-state index contributed by atoms with van der Waals surface area (Å²) in [6.45, 7) is 3.72. The summed E-state index contributed by atoms with van der Waals surface area (Å²) in [4.78, 5) is 36.2. The van der Waals surface area contributed by atoms with E-state index < -0.39 is 17.7 Å². The monoisotopic (exact) mass is 350 g/mol. The molecule has 1 saturated carbocycles. The third-order valence-electron chi connectivity index (χ3n) is 4.57. The summed E-state index contributed by atoms with van der Waals surface area (Å²) in [5, 5.41) is 5.49. The van der Waals surface area contributed by atoms with Gasteiger partial charge in [0.2, 0.25) is 5.91 Å². The smallest absolute Gasteiger partial charge is 0.408 e. The van der Waals surface area contributed by atoms with Gasteiger partial charge in [0.1, 0.15) is 17.6 Å². The predicted octanol–water partition coefficient (Wildman–Crippen LogP) is 2.55. The van der Waals surface area contributed by atoms with Gasteiger partial charge >= 0.3 is 6.09 Å². The number of hydrogen-bond donors (Lipinski definition) is 2. The zero-order valence-corrected chi connectivity index (χ0v) is 14.7. The molecule has 0 aliphatic heterocycles. The Bertz CT molecular complexity index is 576. The second kappa shape index (κ2) is 8.69. The average Bonchev–Trinajstić information content (AvgIpc) is 3.11. The average molecular weight is 350 g/mol. The van der Waals surface area contributed by atoms with Crippen LogP contribution >= 0.6 is 0 Å². The summed E-state index contributed by atoms with van der Waals surface area (Å²) in [5.41, 5.74) is -1.03. The molecule has 0 radical (unpaired) electrons. The number of furan rings is 1. The molecule has 1 aromatic heterocycles. The maximum atomic E-state index is 12.8. The third kappa shape index (κ3) is 5.08. The first kappa shape index (κ1) is 19.0. The summed E-state index contributed by atoms with van der Waals surface area (Å²) in [6.07, 6.45) is 5.29. The highest BCUT2D eigenvalue weighted by atomic mass is 16.6. The molecule has 1 aliphatic rings. The second-order valence-corrected chi connectivity index (χ2v) is 6.80. The molecule has 2 N–H and O–H groups in total. The standard InChI is InChI=1S/C18H26N2O5/c1-13(2)15(11-21)19-16(22)18(8-4-3-5-9-18)20-17(23)25-12-14-7-6-10-24-14/h6-7,10-11,13,15H,3-5,8-9,12H2,1-2H3,(H,19,22)(H,20,23)/t15-/m1/s1. The lowest BCUT2D eigenvalue weighted by Gasteiger charge is -2.37. The van der Waals surface area contributed by atoms with Crippen LogP contribution in [0.5, 0.6) is 0 Å². The minimum atomic E-state index is -1.03. The minimum Gasteiger partial charge on any atom is -0.466 e. The summed E-state index contributed by atoms with van der Waals surface area (Å²) < 4.78 is 10.3. The van der Waals surface area contributed by atoms with Crippen molar-refractivity contribution in [1.29, 1.82) is 0 Å². The van der Waals surface area contributed by atoms with Crippen LogP contribution in [0.1, 0.15) is 51.7 Å². The number of alkyl carbamates (subject to hydrolysis) is 1. The van der Waals surface area contributed by atoms with E-state index in [1.54, 1.807) is 12.1 Å². The van der Waals surface area contributed by atoms with Gasteiger partial charge in [-0.2, -0.15) is 0 Å². The van der Waals surface area contributed by atoms with Crippen molar-refractivity contribution in [3.8, 4) is 0 Å². The first-order valence-corrected chi connectivity index (χ1v) is 8.70. The van der Waals surface area contributed by atoms with E-state index in [4.69, 9.17) is 9.15 Å². The number of hydrogen-bond acceptors (Lipinski definition) is 5. The highest BCUT2D eigenvalue weighted by Crippen LogP contribution is 2.29. The van der Waals surface area contributed by atoms with Gasteiger partial charge in [0.05, 0.1) is 12.3 Å². The van der Waals surface area contributed by atoms with Gasteiger partial charge < -0.3 is 24.6 Å². The van der Waals surface area contributed by atoms with Gasteiger partial charge in [-0.15, -0.1) is 0 Å². The van der Waals surface area contributed by atoms with Crippen LogP contribution in [-0.4, -0.2) is 29.9 Å². The number of ether oxygens (including phenoxy) is 1. The van der Waals surface area contributed by atoms with Gasteiger partial charge in [0.15, 0.2) is 6.61 Å². The minimum absolute atomic E-state index is 0.000507. The summed E-state index contributed by atoms with van der Waals surface area (Å²) >= 11 is 0. The van der Waals surface area contributed by atoms with Crippen LogP contribution < -0.4 is 10.6 Å². The van der Waals surface area contributed by atoms with Crippen molar-refractivity contribution in [2.75, 3.05) is 0 Å². The van der Waals surface area contributed by atoms with E-state index in [1.165, 1.54) is 6.26 Å². The Hall–Kier alpha value is -2.31. The van der Waals surface area contributed by atoms with Crippen molar-refractivity contribution < 1.29 is 23.5 Å². The van der Waals surface area contributed by atoms with E-state index in [9.17, 15) is 14.4 Å². The molecule has 2 amide bonds. The normalized spacial score (nSPS) is 17.6. The fraction of sp³-hybridized carbons (Fsp3) is 0.611. The fourth-order valence-corrected chi connectivity index (χ4v) is 2.97. The van der Waals surface area contributed by atoms with Gasteiger partial charge in [-0.3, -0.25) is 4.79 Å². The number of carbonyl (C=O) groups excluding carboxylic acids is 3. The molecule has 138 valence electrons. The van der Waals surface area contributed by atoms with Crippen molar-refractivity contribution in [3.05, 3.63) is 24.2 Å². The largest absolute Gasteiger partial charge is 0.466 e. The Morgan fingerprint density at radius 1 is 1.32 bits per heavy atom. The van der Waals surface area contributed by atoms with Crippen LogP contribution in [0, 0.1) is 5.92 Å². The summed E-state index contributed by atoms with van der Waals surface area (Å²) in [5.74, 6) is 0.180. The van der Waals surface area contributed by atoms with Crippen molar-refractivity contribution in [1.82, 2.24) is 10.6 Å². The molecule has 7 heteroatoms. The first-order chi connectivity index (χ1) is 12.0. The molecular formula is C18H26N2O5. The van der Waals surface area contributed by atoms with Crippen LogP contribution in [0.25, 0.3) is 0 Å². The SMILES string of the molecule is CC(C)[C@@H](C=O)NC(=O)C1(NC(=O)OCc2ccco2)CCCCC1. The lowest BCUT2D eigenvalue weighted by atomic mass is 9.80. The van der Waals surface area contributed by atoms with Crippen LogP contribution in [0.2, 0.25) is 0 Å². The zero-order valence-electron chi connectivity index (χ0n) is 14.7. The number of nitrogens with one attached hydrogen (secondary N) is 2. The van der Waals surface area contributed by atoms with Crippen LogP contribution in [0.3, 0.4) is 0 Å². The summed E-state index contributed by atoms with van der Waals surface area (Å²) in [7, 11) is 0. The molecule has 0 spiro atoms. The lowest BCUT2D eigenvalue weighted by Crippen LogP contribution is -2.61. The van der Waals surface area contributed by atoms with Gasteiger partial charge in [-0.05, 0) is 30.9 Å². The van der Waals surface area contributed by atoms with Gasteiger partial charge in [-0.1, -0.05) is 33.1 Å². The summed E-state index contributed by atoms with van der Waals surface area (Å²) in [6, 6.07) is 2.83. The Balaban J connectivity index is 2.01. The molecule has 7 nitrogen and oxygen atoms in total. The Morgan fingerprint density at radius 2 is 2.04 bits per heavy atom. The predicted molar refractivity (Wildman–Crippen MR) is 90.7 cm³/mol. The Labute approximate surface area is 147 Å². The van der Waals surface area contributed by atoms with Crippen molar-refractivity contribution in [2.45, 2.75) is 64.1 Å². The topological polar surface area (TPSA) is 97.6 Å². The van der Waals surface area contributed by atoms with E-state index in [1.807, 2.05) is 13.8 Å². The van der Waals surface area contributed by atoms with E-state index in [0.717, 1.165) is 25.5 Å². The van der Waals surface area contributed by atoms with E-state index >= 15 is 0 Å². The quantitative estimate of drug-likeness (QED) is 0.737. The molecule has 2 rings (SSSR count). The zero-order chi connectivity index (χ0) is 18.3. The molecule has 1 atom stereocenters. The highest BCUT2D eigenvalue weighted by Gasteiger charge is 2.42. The molecule has 1 aliphatic carbocycles. The highest BCUT2D eigenvalue weighted by molar-refractivity contribution is 5.91. The molecule has 1 heterocycles. The Kier molecular flexibility index (Phi) is 6.61. The van der Waals surface area contributed by atoms with Crippen LogP contribution in [-0.2, 0) is 20.9 Å². The lowest BCUT2D eigenvalue weighted by molar-refractivity contribution is -0.131. The van der Waals surface area contributed by atoms with Crippen LogP contribution in [0.15, 0.2) is 22.8 Å². The van der Waals surface area contributed by atoms with E-state index in [-0.39, 0.29) is 18.4 Å². The maximum absolute atomic E-state index is 12.8. The van der Waals surface area contributed by atoms with Gasteiger partial charge in [-0.25, -0.2) is 4.79 Å². The second-order valence-electron chi connectivity index (χ2n) is 6.80. The van der Waals surface area contributed by atoms with E-state index in [2.05, 4.69) is 10.6 Å². The molecule has 0 bridgehead atoms.